The van der Waals surface area contributed by atoms with Crippen molar-refractivity contribution in [2.24, 2.45) is 0 Å². The number of sulfonamides is 1. The summed E-state index contributed by atoms with van der Waals surface area (Å²) in [6.07, 6.45) is 0.742. The van der Waals surface area contributed by atoms with E-state index in [9.17, 15) is 27.9 Å². The summed E-state index contributed by atoms with van der Waals surface area (Å²) in [4.78, 5) is 37.9. The van der Waals surface area contributed by atoms with Crippen LogP contribution in [0.3, 0.4) is 0 Å². The molecule has 0 spiro atoms. The zero-order valence-electron chi connectivity index (χ0n) is 20.8. The number of nitrogen functional groups attached to an aromatic ring is 1. The number of carbonyl (C=O) groups excluding carboxylic acids is 2. The first kappa shape index (κ1) is 27.0. The molecule has 38 heavy (non-hydrogen) atoms. The van der Waals surface area contributed by atoms with E-state index in [-0.39, 0.29) is 23.6 Å². The number of hydrogen-bond donors (Lipinski definition) is 3. The second-order valence-corrected chi connectivity index (χ2v) is 11.2. The fourth-order valence-electron chi connectivity index (χ4n) is 4.49. The molecule has 0 radical (unpaired) electrons. The molecule has 2 atom stereocenters. The highest BCUT2D eigenvalue weighted by Gasteiger charge is 2.40. The SMILES string of the molecule is Cc1ccc(S(=O)(=O)N2CCC[C@H]2C(=O)N[C@@H](Cc2ccc(C(=O)c3ccccc3N)cc2)C(=O)O)cc1. The summed E-state index contributed by atoms with van der Waals surface area (Å²) in [6, 6.07) is 17.2. The number of amides is 1. The minimum atomic E-state index is -3.92. The van der Waals surface area contributed by atoms with Gasteiger partial charge >= 0.3 is 5.97 Å². The number of benzene rings is 3. The average Bonchev–Trinajstić information content (AvgIpc) is 3.40. The molecular weight excluding hydrogens is 506 g/mol. The molecule has 0 aliphatic carbocycles. The molecule has 0 bridgehead atoms. The number of carboxylic acids is 1. The van der Waals surface area contributed by atoms with Crippen molar-refractivity contribution in [3.8, 4) is 0 Å². The van der Waals surface area contributed by atoms with Crippen LogP contribution in [0.4, 0.5) is 5.69 Å². The Morgan fingerprint density at radius 3 is 2.32 bits per heavy atom. The first-order chi connectivity index (χ1) is 18.1. The fraction of sp³-hybridized carbons (Fsp3) is 0.250. The Labute approximate surface area is 221 Å². The maximum absolute atomic E-state index is 13.2. The highest BCUT2D eigenvalue weighted by atomic mass is 32.2. The van der Waals surface area contributed by atoms with Gasteiger partial charge in [-0.25, -0.2) is 13.2 Å². The van der Waals surface area contributed by atoms with Crippen molar-refractivity contribution in [2.75, 3.05) is 12.3 Å². The molecule has 1 fully saturated rings. The number of carbonyl (C=O) groups is 3. The van der Waals surface area contributed by atoms with Gasteiger partial charge in [-0.1, -0.05) is 54.1 Å². The summed E-state index contributed by atoms with van der Waals surface area (Å²) in [6.45, 7) is 2.02. The number of hydrogen-bond acceptors (Lipinski definition) is 6. The van der Waals surface area contributed by atoms with Gasteiger partial charge in [-0.3, -0.25) is 9.59 Å². The maximum atomic E-state index is 13.2. The van der Waals surface area contributed by atoms with E-state index in [0.29, 0.717) is 35.2 Å². The molecule has 3 aromatic carbocycles. The molecule has 1 amide bonds. The lowest BCUT2D eigenvalue weighted by Gasteiger charge is -2.25. The van der Waals surface area contributed by atoms with Crippen molar-refractivity contribution in [2.45, 2.75) is 43.2 Å². The summed E-state index contributed by atoms with van der Waals surface area (Å²) in [5.74, 6) is -2.16. The quantitative estimate of drug-likeness (QED) is 0.282. The fourth-order valence-corrected chi connectivity index (χ4v) is 6.15. The number of nitrogens with zero attached hydrogens (tertiary/aromatic N) is 1. The molecule has 1 heterocycles. The number of rotatable bonds is 9. The van der Waals surface area contributed by atoms with Crippen molar-refractivity contribution < 1.29 is 27.9 Å². The number of nitrogens with two attached hydrogens (primary N) is 1. The van der Waals surface area contributed by atoms with Crippen LogP contribution in [0.15, 0.2) is 77.7 Å². The van der Waals surface area contributed by atoms with E-state index in [4.69, 9.17) is 5.73 Å². The van der Waals surface area contributed by atoms with Gasteiger partial charge in [0, 0.05) is 29.8 Å². The molecule has 4 N–H and O–H groups in total. The van der Waals surface area contributed by atoms with Gasteiger partial charge in [0.2, 0.25) is 15.9 Å². The molecule has 9 nitrogen and oxygen atoms in total. The van der Waals surface area contributed by atoms with E-state index in [1.165, 1.54) is 12.1 Å². The van der Waals surface area contributed by atoms with Crippen molar-refractivity contribution in [1.82, 2.24) is 9.62 Å². The zero-order valence-corrected chi connectivity index (χ0v) is 21.6. The third kappa shape index (κ3) is 5.76. The smallest absolute Gasteiger partial charge is 0.326 e. The standard InChI is InChI=1S/C28H29N3O6S/c1-18-8-14-21(15-9-18)38(36,37)31-16-4-7-25(31)27(33)30-24(28(34)35)17-19-10-12-20(13-11-19)26(32)22-5-2-3-6-23(22)29/h2-3,5-6,8-15,24-25H,4,7,16-17,29H2,1H3,(H,30,33)(H,34,35)/t24-,25-/m0/s1. The zero-order chi connectivity index (χ0) is 27.4. The normalized spacial score (nSPS) is 16.6. The van der Waals surface area contributed by atoms with E-state index >= 15 is 0 Å². The van der Waals surface area contributed by atoms with E-state index in [2.05, 4.69) is 5.32 Å². The molecule has 1 aliphatic heterocycles. The van der Waals surface area contributed by atoms with Gasteiger partial charge in [0.25, 0.3) is 0 Å². The van der Waals surface area contributed by atoms with Crippen LogP contribution in [0.25, 0.3) is 0 Å². The van der Waals surface area contributed by atoms with Crippen LogP contribution in [-0.4, -0.2) is 54.1 Å². The first-order valence-corrected chi connectivity index (χ1v) is 13.6. The molecule has 4 rings (SSSR count). The third-order valence-corrected chi connectivity index (χ3v) is 8.53. The minimum Gasteiger partial charge on any atom is -0.480 e. The minimum absolute atomic E-state index is 0.0412. The summed E-state index contributed by atoms with van der Waals surface area (Å²) in [5.41, 5.74) is 8.52. The van der Waals surface area contributed by atoms with Crippen molar-refractivity contribution >= 4 is 33.4 Å². The average molecular weight is 536 g/mol. The van der Waals surface area contributed by atoms with Crippen LogP contribution in [0.5, 0.6) is 0 Å². The second kappa shape index (κ2) is 11.2. The monoisotopic (exact) mass is 535 g/mol. The first-order valence-electron chi connectivity index (χ1n) is 12.2. The number of nitrogens with one attached hydrogen (secondary N) is 1. The van der Waals surface area contributed by atoms with Crippen molar-refractivity contribution in [3.05, 3.63) is 95.1 Å². The van der Waals surface area contributed by atoms with Crippen LogP contribution in [0.1, 0.15) is 39.9 Å². The highest BCUT2D eigenvalue weighted by Crippen LogP contribution is 2.27. The molecular formula is C28H29N3O6S. The number of anilines is 1. The summed E-state index contributed by atoms with van der Waals surface area (Å²) >= 11 is 0. The van der Waals surface area contributed by atoms with E-state index < -0.39 is 34.0 Å². The van der Waals surface area contributed by atoms with Gasteiger partial charge in [-0.15, -0.1) is 0 Å². The van der Waals surface area contributed by atoms with E-state index in [1.54, 1.807) is 60.7 Å². The third-order valence-electron chi connectivity index (χ3n) is 6.61. The highest BCUT2D eigenvalue weighted by molar-refractivity contribution is 7.89. The van der Waals surface area contributed by atoms with E-state index in [0.717, 1.165) is 9.87 Å². The molecule has 1 aliphatic rings. The molecule has 10 heteroatoms. The summed E-state index contributed by atoms with van der Waals surface area (Å²) in [5, 5.41) is 12.3. The largest absolute Gasteiger partial charge is 0.480 e. The topological polar surface area (TPSA) is 147 Å². The van der Waals surface area contributed by atoms with E-state index in [1.807, 2.05) is 6.92 Å². The lowest BCUT2D eigenvalue weighted by molar-refractivity contribution is -0.142. The lowest BCUT2D eigenvalue weighted by atomic mass is 9.98. The molecule has 0 unspecified atom stereocenters. The van der Waals surface area contributed by atoms with Gasteiger partial charge in [0.15, 0.2) is 5.78 Å². The molecule has 198 valence electrons. The Kier molecular flexibility index (Phi) is 7.94. The van der Waals surface area contributed by atoms with Gasteiger partial charge in [0.05, 0.1) is 4.90 Å². The van der Waals surface area contributed by atoms with Crippen LogP contribution < -0.4 is 11.1 Å². The van der Waals surface area contributed by atoms with Crippen LogP contribution in [0.2, 0.25) is 0 Å². The van der Waals surface area contributed by atoms with Crippen LogP contribution >= 0.6 is 0 Å². The van der Waals surface area contributed by atoms with Gasteiger partial charge in [-0.05, 0) is 49.6 Å². The van der Waals surface area contributed by atoms with Crippen molar-refractivity contribution in [3.63, 3.8) is 0 Å². The number of para-hydroxylation sites is 1. The Morgan fingerprint density at radius 1 is 1.03 bits per heavy atom. The number of aryl methyl sites for hydroxylation is 1. The van der Waals surface area contributed by atoms with Gasteiger partial charge in [0.1, 0.15) is 12.1 Å². The predicted octanol–water partition coefficient (Wildman–Crippen LogP) is 2.77. The molecule has 0 aromatic heterocycles. The summed E-state index contributed by atoms with van der Waals surface area (Å²) < 4.78 is 27.5. The second-order valence-electron chi connectivity index (χ2n) is 9.30. The van der Waals surface area contributed by atoms with Gasteiger partial charge < -0.3 is 16.2 Å². The Bertz CT molecular complexity index is 1450. The number of ketones is 1. The molecule has 0 saturated carbocycles. The van der Waals surface area contributed by atoms with Crippen LogP contribution in [-0.2, 0) is 26.0 Å². The Balaban J connectivity index is 1.46. The molecule has 1 saturated heterocycles. The van der Waals surface area contributed by atoms with Crippen LogP contribution in [0, 0.1) is 6.92 Å². The predicted molar refractivity (Wildman–Crippen MR) is 142 cm³/mol. The Hall–Kier alpha value is -4.02. The number of carboxylic acid groups (broad SMARTS) is 1. The lowest BCUT2D eigenvalue weighted by Crippen LogP contribution is -2.51. The molecule has 3 aromatic rings. The number of aliphatic carboxylic acids is 1. The van der Waals surface area contributed by atoms with Crippen molar-refractivity contribution in [1.29, 1.82) is 0 Å². The Morgan fingerprint density at radius 2 is 1.68 bits per heavy atom. The van der Waals surface area contributed by atoms with Gasteiger partial charge in [-0.2, -0.15) is 4.31 Å². The maximum Gasteiger partial charge on any atom is 0.326 e. The summed E-state index contributed by atoms with van der Waals surface area (Å²) in [7, 11) is -3.92.